The number of ether oxygens (including phenoxy) is 1. The van der Waals surface area contributed by atoms with Crippen LogP contribution in [0.4, 0.5) is 4.79 Å². The van der Waals surface area contributed by atoms with Crippen molar-refractivity contribution in [3.8, 4) is 11.1 Å². The van der Waals surface area contributed by atoms with Crippen LogP contribution in [-0.4, -0.2) is 33.2 Å². The summed E-state index contributed by atoms with van der Waals surface area (Å²) in [5, 5.41) is 11.9. The maximum absolute atomic E-state index is 12.6. The second-order valence-corrected chi connectivity index (χ2v) is 8.73. The van der Waals surface area contributed by atoms with Crippen LogP contribution in [0.5, 0.6) is 0 Å². The predicted molar refractivity (Wildman–Crippen MR) is 118 cm³/mol. The lowest BCUT2D eigenvalue weighted by atomic mass is 10.1. The fourth-order valence-electron chi connectivity index (χ4n) is 3.70. The minimum Gasteiger partial charge on any atom is -0.480 e. The number of rotatable bonds is 7. The summed E-state index contributed by atoms with van der Waals surface area (Å²) >= 11 is 0. The van der Waals surface area contributed by atoms with Gasteiger partial charge >= 0.3 is 12.1 Å². The van der Waals surface area contributed by atoms with E-state index in [9.17, 15) is 18.9 Å². The Morgan fingerprint density at radius 1 is 0.903 bits per heavy atom. The molecule has 0 aromatic heterocycles. The van der Waals surface area contributed by atoms with Crippen LogP contribution in [0.1, 0.15) is 22.8 Å². The standard InChI is InChI=1S/C24H21NO5S/c26-23(27)21(15-31(29)14-16-8-2-1-3-9-16)25-24(28)30-22-19-12-6-4-10-17(19)18-11-5-7-13-20(18)22/h1-13,21-22H,14-15H2,(H,25,28)(H,26,27)/t21-,31?/m0/s1. The Morgan fingerprint density at radius 2 is 1.45 bits per heavy atom. The minimum absolute atomic E-state index is 0.211. The molecule has 2 N–H and O–H groups in total. The van der Waals surface area contributed by atoms with Crippen LogP contribution in [0.25, 0.3) is 11.1 Å². The van der Waals surface area contributed by atoms with Crippen LogP contribution in [0.2, 0.25) is 0 Å². The van der Waals surface area contributed by atoms with Crippen LogP contribution >= 0.6 is 0 Å². The van der Waals surface area contributed by atoms with Crippen molar-refractivity contribution in [1.29, 1.82) is 0 Å². The van der Waals surface area contributed by atoms with Gasteiger partial charge < -0.3 is 15.2 Å². The summed E-state index contributed by atoms with van der Waals surface area (Å²) in [4.78, 5) is 24.2. The minimum atomic E-state index is -1.47. The molecule has 1 aliphatic rings. The molecular weight excluding hydrogens is 414 g/mol. The Morgan fingerprint density at radius 3 is 2.03 bits per heavy atom. The first-order valence-electron chi connectivity index (χ1n) is 9.80. The molecule has 0 radical (unpaired) electrons. The van der Waals surface area contributed by atoms with E-state index in [0.717, 1.165) is 27.8 Å². The van der Waals surface area contributed by atoms with Crippen molar-refractivity contribution >= 4 is 22.9 Å². The van der Waals surface area contributed by atoms with Gasteiger partial charge in [-0.25, -0.2) is 9.59 Å². The number of carbonyl (C=O) groups is 2. The quantitative estimate of drug-likeness (QED) is 0.587. The zero-order valence-electron chi connectivity index (χ0n) is 16.6. The number of fused-ring (bicyclic) bond motifs is 3. The third-order valence-electron chi connectivity index (χ3n) is 5.11. The molecule has 3 aromatic rings. The predicted octanol–water partition coefficient (Wildman–Crippen LogP) is 3.88. The normalized spacial score (nSPS) is 14.2. The lowest BCUT2D eigenvalue weighted by molar-refractivity contribution is -0.138. The van der Waals surface area contributed by atoms with Crippen LogP contribution in [0.3, 0.4) is 0 Å². The third kappa shape index (κ3) is 4.67. The number of aliphatic carboxylic acids is 1. The van der Waals surface area contributed by atoms with Gasteiger partial charge in [0.15, 0.2) is 6.10 Å². The van der Waals surface area contributed by atoms with Gasteiger partial charge in [-0.15, -0.1) is 0 Å². The van der Waals surface area contributed by atoms with Gasteiger partial charge in [0.25, 0.3) is 0 Å². The molecule has 1 unspecified atom stereocenters. The zero-order valence-corrected chi connectivity index (χ0v) is 17.4. The Bertz CT molecular complexity index is 1090. The van der Waals surface area contributed by atoms with Crippen LogP contribution in [-0.2, 0) is 26.1 Å². The average Bonchev–Trinajstić information content (AvgIpc) is 3.08. The van der Waals surface area contributed by atoms with E-state index in [1.807, 2.05) is 78.9 Å². The van der Waals surface area contributed by atoms with E-state index in [4.69, 9.17) is 4.74 Å². The van der Waals surface area contributed by atoms with Crippen molar-refractivity contribution in [3.63, 3.8) is 0 Å². The van der Waals surface area contributed by atoms with Crippen LogP contribution in [0, 0.1) is 0 Å². The zero-order chi connectivity index (χ0) is 21.8. The first-order chi connectivity index (χ1) is 15.0. The molecular formula is C24H21NO5S. The number of carboxylic acid groups (broad SMARTS) is 1. The molecule has 0 saturated carbocycles. The topological polar surface area (TPSA) is 92.7 Å². The molecule has 4 rings (SSSR count). The molecule has 158 valence electrons. The van der Waals surface area contributed by atoms with Crippen LogP contribution in [0.15, 0.2) is 78.9 Å². The lowest BCUT2D eigenvalue weighted by Crippen LogP contribution is -2.45. The number of hydrogen-bond donors (Lipinski definition) is 2. The highest BCUT2D eigenvalue weighted by atomic mass is 32.2. The van der Waals surface area contributed by atoms with Gasteiger partial charge in [-0.2, -0.15) is 0 Å². The molecule has 1 amide bonds. The first-order valence-corrected chi connectivity index (χ1v) is 11.3. The highest BCUT2D eigenvalue weighted by Crippen LogP contribution is 2.44. The van der Waals surface area contributed by atoms with Crippen molar-refractivity contribution in [2.24, 2.45) is 0 Å². The van der Waals surface area contributed by atoms with Gasteiger partial charge in [0.1, 0.15) is 6.04 Å². The molecule has 2 atom stereocenters. The van der Waals surface area contributed by atoms with Gasteiger partial charge in [-0.1, -0.05) is 78.9 Å². The largest absolute Gasteiger partial charge is 0.480 e. The summed E-state index contributed by atoms with van der Waals surface area (Å²) < 4.78 is 18.1. The second kappa shape index (κ2) is 9.14. The summed E-state index contributed by atoms with van der Waals surface area (Å²) in [5.41, 5.74) is 4.49. The van der Waals surface area contributed by atoms with Gasteiger partial charge in [-0.3, -0.25) is 4.21 Å². The van der Waals surface area contributed by atoms with Gasteiger partial charge in [0.2, 0.25) is 0 Å². The van der Waals surface area contributed by atoms with E-state index in [1.165, 1.54) is 0 Å². The SMILES string of the molecule is O=C(N[C@@H](CS(=O)Cc1ccccc1)C(=O)O)OC1c2ccccc2-c2ccccc21. The lowest BCUT2D eigenvalue weighted by Gasteiger charge is -2.18. The molecule has 0 fully saturated rings. The van der Waals surface area contributed by atoms with Crippen molar-refractivity contribution in [3.05, 3.63) is 95.6 Å². The van der Waals surface area contributed by atoms with Crippen molar-refractivity contribution in [2.75, 3.05) is 5.75 Å². The van der Waals surface area contributed by atoms with Crippen LogP contribution < -0.4 is 5.32 Å². The van der Waals surface area contributed by atoms with E-state index < -0.39 is 35.0 Å². The number of amides is 1. The van der Waals surface area contributed by atoms with Gasteiger partial charge in [-0.05, 0) is 16.7 Å². The van der Waals surface area contributed by atoms with Crippen molar-refractivity contribution < 1.29 is 23.6 Å². The third-order valence-corrected chi connectivity index (χ3v) is 6.48. The molecule has 1 aliphatic carbocycles. The Balaban J connectivity index is 1.44. The van der Waals surface area contributed by atoms with E-state index in [2.05, 4.69) is 5.32 Å². The molecule has 6 nitrogen and oxygen atoms in total. The number of benzene rings is 3. The van der Waals surface area contributed by atoms with E-state index in [1.54, 1.807) is 0 Å². The molecule has 0 aliphatic heterocycles. The maximum atomic E-state index is 12.6. The molecule has 0 saturated heterocycles. The number of alkyl carbamates (subject to hydrolysis) is 1. The molecule has 7 heteroatoms. The average molecular weight is 436 g/mol. The monoisotopic (exact) mass is 435 g/mol. The van der Waals surface area contributed by atoms with E-state index >= 15 is 0 Å². The molecule has 0 heterocycles. The molecule has 0 bridgehead atoms. The van der Waals surface area contributed by atoms with Gasteiger partial charge in [0, 0.05) is 27.7 Å². The smallest absolute Gasteiger partial charge is 0.408 e. The van der Waals surface area contributed by atoms with Crippen molar-refractivity contribution in [2.45, 2.75) is 17.9 Å². The molecule has 3 aromatic carbocycles. The highest BCUT2D eigenvalue weighted by Gasteiger charge is 2.32. The van der Waals surface area contributed by atoms with Gasteiger partial charge in [0.05, 0.1) is 5.75 Å². The number of carboxylic acids is 1. The number of hydrogen-bond acceptors (Lipinski definition) is 4. The Hall–Kier alpha value is -3.45. The fourth-order valence-corrected chi connectivity index (χ4v) is 4.98. The molecule has 0 spiro atoms. The summed E-state index contributed by atoms with van der Waals surface area (Å²) in [7, 11) is -1.47. The Kier molecular flexibility index (Phi) is 6.13. The van der Waals surface area contributed by atoms with Crippen molar-refractivity contribution in [1.82, 2.24) is 5.32 Å². The Labute approximate surface area is 182 Å². The summed E-state index contributed by atoms with van der Waals surface area (Å²) in [6, 6.07) is 23.1. The summed E-state index contributed by atoms with van der Waals surface area (Å²) in [6.45, 7) is 0. The second-order valence-electron chi connectivity index (χ2n) is 7.23. The van der Waals surface area contributed by atoms with E-state index in [-0.39, 0.29) is 11.5 Å². The number of carbonyl (C=O) groups excluding carboxylic acids is 1. The molecule has 31 heavy (non-hydrogen) atoms. The highest BCUT2D eigenvalue weighted by molar-refractivity contribution is 7.84. The fraction of sp³-hybridized carbons (Fsp3) is 0.167. The maximum Gasteiger partial charge on any atom is 0.408 e. The van der Waals surface area contributed by atoms with E-state index in [0.29, 0.717) is 0 Å². The number of nitrogens with one attached hydrogen (secondary N) is 1. The first kappa shape index (κ1) is 20.8. The summed E-state index contributed by atoms with van der Waals surface area (Å²) in [5.74, 6) is -1.26. The summed E-state index contributed by atoms with van der Waals surface area (Å²) in [6.07, 6.45) is -1.49.